The average molecular weight is 595 g/mol. The molecule has 3 aromatic rings. The number of sulfonamides is 1. The SMILES string of the molecule is CCC(O)CNC(=O)N(Cc1ccccc1C)C1CCN(Cc2ccc(Oc3ccc(NS(C)(=O)=O)cc3)cc2)CC1. The van der Waals surface area contributed by atoms with Crippen molar-refractivity contribution in [2.45, 2.75) is 58.3 Å². The highest BCUT2D eigenvalue weighted by Gasteiger charge is 2.28. The number of nitrogens with zero attached hydrogens (tertiary/aromatic N) is 2. The molecule has 10 heteroatoms. The summed E-state index contributed by atoms with van der Waals surface area (Å²) in [5, 5.41) is 12.9. The average Bonchev–Trinajstić information content (AvgIpc) is 2.97. The number of aliphatic hydroxyl groups excluding tert-OH is 1. The Bertz CT molecular complexity index is 1410. The molecular weight excluding hydrogens is 552 g/mol. The number of carbonyl (C=O) groups excluding carboxylic acids is 1. The number of hydrogen-bond donors (Lipinski definition) is 3. The number of ether oxygens (including phenoxy) is 1. The van der Waals surface area contributed by atoms with Gasteiger partial charge in [0.15, 0.2) is 0 Å². The van der Waals surface area contributed by atoms with Crippen molar-refractivity contribution in [3.63, 3.8) is 0 Å². The normalized spacial score (nSPS) is 15.1. The Hall–Kier alpha value is -3.60. The van der Waals surface area contributed by atoms with Gasteiger partial charge in [-0.15, -0.1) is 0 Å². The van der Waals surface area contributed by atoms with E-state index in [2.05, 4.69) is 46.1 Å². The van der Waals surface area contributed by atoms with E-state index in [0.717, 1.165) is 49.9 Å². The van der Waals surface area contributed by atoms with Gasteiger partial charge >= 0.3 is 6.03 Å². The molecule has 226 valence electrons. The molecule has 0 radical (unpaired) electrons. The zero-order valence-electron chi connectivity index (χ0n) is 24.6. The molecule has 1 heterocycles. The van der Waals surface area contributed by atoms with Crippen molar-refractivity contribution < 1.29 is 23.1 Å². The molecule has 9 nitrogen and oxygen atoms in total. The van der Waals surface area contributed by atoms with Crippen LogP contribution in [0.1, 0.15) is 42.9 Å². The summed E-state index contributed by atoms with van der Waals surface area (Å²) in [7, 11) is -3.32. The number of amides is 2. The third-order valence-corrected chi connectivity index (χ3v) is 8.15. The number of carbonyl (C=O) groups is 1. The van der Waals surface area contributed by atoms with Crippen LogP contribution >= 0.6 is 0 Å². The summed E-state index contributed by atoms with van der Waals surface area (Å²) in [4.78, 5) is 17.6. The van der Waals surface area contributed by atoms with E-state index < -0.39 is 16.1 Å². The standard InChI is InChI=1S/C32H42N4O5S/c1-4-29(37)21-33-32(38)36(23-26-8-6-5-7-24(26)2)28-17-19-35(20-18-28)22-25-9-13-30(14-10-25)41-31-15-11-27(12-16-31)34-42(3,39)40/h5-16,28-29,34,37H,4,17-23H2,1-3H3,(H,33,38). The molecule has 1 fully saturated rings. The van der Waals surface area contributed by atoms with Crippen LogP contribution in [0.4, 0.5) is 10.5 Å². The molecule has 1 aliphatic rings. The molecule has 0 aliphatic carbocycles. The van der Waals surface area contributed by atoms with Crippen LogP contribution in [0, 0.1) is 6.92 Å². The lowest BCUT2D eigenvalue weighted by Gasteiger charge is -2.39. The second-order valence-corrected chi connectivity index (χ2v) is 12.7. The largest absolute Gasteiger partial charge is 0.457 e. The van der Waals surface area contributed by atoms with Gasteiger partial charge in [-0.3, -0.25) is 9.62 Å². The molecular formula is C32H42N4O5S. The number of piperidine rings is 1. The van der Waals surface area contributed by atoms with Crippen molar-refractivity contribution >= 4 is 21.7 Å². The third-order valence-electron chi connectivity index (χ3n) is 7.54. The van der Waals surface area contributed by atoms with Crippen LogP contribution in [-0.2, 0) is 23.1 Å². The summed E-state index contributed by atoms with van der Waals surface area (Å²) in [6.07, 6.45) is 2.92. The van der Waals surface area contributed by atoms with E-state index in [9.17, 15) is 18.3 Å². The quantitative estimate of drug-likeness (QED) is 0.269. The Labute approximate surface area is 249 Å². The first-order chi connectivity index (χ1) is 20.1. The highest BCUT2D eigenvalue weighted by Crippen LogP contribution is 2.25. The van der Waals surface area contributed by atoms with Crippen molar-refractivity contribution in [1.82, 2.24) is 15.1 Å². The topological polar surface area (TPSA) is 111 Å². The zero-order chi connectivity index (χ0) is 30.1. The van der Waals surface area contributed by atoms with Gasteiger partial charge in [0.1, 0.15) is 11.5 Å². The fourth-order valence-electron chi connectivity index (χ4n) is 5.04. The Morgan fingerprint density at radius 2 is 1.64 bits per heavy atom. The minimum Gasteiger partial charge on any atom is -0.457 e. The molecule has 1 aliphatic heterocycles. The zero-order valence-corrected chi connectivity index (χ0v) is 25.4. The summed E-state index contributed by atoms with van der Waals surface area (Å²) in [5.41, 5.74) is 3.96. The minimum absolute atomic E-state index is 0.120. The monoisotopic (exact) mass is 594 g/mol. The molecule has 42 heavy (non-hydrogen) atoms. The highest BCUT2D eigenvalue weighted by molar-refractivity contribution is 7.92. The second kappa shape index (κ2) is 14.5. The summed E-state index contributed by atoms with van der Waals surface area (Å²) >= 11 is 0. The Morgan fingerprint density at radius 3 is 2.24 bits per heavy atom. The summed E-state index contributed by atoms with van der Waals surface area (Å²) < 4.78 is 31.1. The van der Waals surface area contributed by atoms with Gasteiger partial charge < -0.3 is 20.1 Å². The van der Waals surface area contributed by atoms with Gasteiger partial charge in [0.25, 0.3) is 0 Å². The van der Waals surface area contributed by atoms with Crippen molar-refractivity contribution in [2.75, 3.05) is 30.6 Å². The molecule has 1 saturated heterocycles. The maximum atomic E-state index is 13.2. The fraction of sp³-hybridized carbons (Fsp3) is 0.406. The number of likely N-dealkylation sites (tertiary alicyclic amines) is 1. The van der Waals surface area contributed by atoms with Crippen molar-refractivity contribution in [3.05, 3.63) is 89.5 Å². The van der Waals surface area contributed by atoms with E-state index in [1.54, 1.807) is 24.3 Å². The van der Waals surface area contributed by atoms with Gasteiger partial charge in [-0.25, -0.2) is 13.2 Å². The van der Waals surface area contributed by atoms with Crippen LogP contribution in [-0.4, -0.2) is 67.4 Å². The molecule has 0 spiro atoms. The molecule has 1 atom stereocenters. The Kier molecular flexibility index (Phi) is 10.8. The molecule has 0 saturated carbocycles. The summed E-state index contributed by atoms with van der Waals surface area (Å²) in [6.45, 7) is 7.34. The van der Waals surface area contributed by atoms with E-state index in [1.807, 2.05) is 36.1 Å². The number of urea groups is 1. The Balaban J connectivity index is 1.31. The van der Waals surface area contributed by atoms with Gasteiger partial charge in [0.05, 0.1) is 12.4 Å². The number of rotatable bonds is 12. The van der Waals surface area contributed by atoms with E-state index in [-0.39, 0.29) is 18.6 Å². The molecule has 0 aromatic heterocycles. The van der Waals surface area contributed by atoms with Gasteiger partial charge in [-0.05, 0) is 79.3 Å². The molecule has 2 amide bonds. The molecule has 3 N–H and O–H groups in total. The number of aryl methyl sites for hydroxylation is 1. The number of nitrogens with one attached hydrogen (secondary N) is 2. The highest BCUT2D eigenvalue weighted by atomic mass is 32.2. The number of anilines is 1. The molecule has 4 rings (SSSR count). The van der Waals surface area contributed by atoms with Crippen molar-refractivity contribution in [1.29, 1.82) is 0 Å². The minimum atomic E-state index is -3.32. The van der Waals surface area contributed by atoms with Gasteiger partial charge in [-0.2, -0.15) is 0 Å². The summed E-state index contributed by atoms with van der Waals surface area (Å²) in [6, 6.07) is 22.9. The molecule has 1 unspecified atom stereocenters. The van der Waals surface area contributed by atoms with E-state index in [0.29, 0.717) is 30.2 Å². The van der Waals surface area contributed by atoms with Crippen LogP contribution in [0.15, 0.2) is 72.8 Å². The Morgan fingerprint density at radius 1 is 1.02 bits per heavy atom. The van der Waals surface area contributed by atoms with Crippen LogP contribution in [0.2, 0.25) is 0 Å². The number of benzene rings is 3. The van der Waals surface area contributed by atoms with Crippen molar-refractivity contribution in [3.8, 4) is 11.5 Å². The third kappa shape index (κ3) is 9.47. The predicted octanol–water partition coefficient (Wildman–Crippen LogP) is 5.11. The van der Waals surface area contributed by atoms with E-state index >= 15 is 0 Å². The van der Waals surface area contributed by atoms with E-state index in [4.69, 9.17) is 4.74 Å². The molecule has 3 aromatic carbocycles. The molecule has 0 bridgehead atoms. The van der Waals surface area contributed by atoms with Crippen LogP contribution in [0.3, 0.4) is 0 Å². The predicted molar refractivity (Wildman–Crippen MR) is 166 cm³/mol. The van der Waals surface area contributed by atoms with Gasteiger partial charge in [0.2, 0.25) is 10.0 Å². The maximum absolute atomic E-state index is 13.2. The first kappa shape index (κ1) is 31.3. The van der Waals surface area contributed by atoms with Gasteiger partial charge in [0, 0.05) is 44.5 Å². The first-order valence-electron chi connectivity index (χ1n) is 14.4. The van der Waals surface area contributed by atoms with Crippen LogP contribution in [0.25, 0.3) is 0 Å². The number of aliphatic hydroxyl groups is 1. The smallest absolute Gasteiger partial charge is 0.318 e. The van der Waals surface area contributed by atoms with Crippen molar-refractivity contribution in [2.24, 2.45) is 0 Å². The number of hydrogen-bond acceptors (Lipinski definition) is 6. The summed E-state index contributed by atoms with van der Waals surface area (Å²) in [5.74, 6) is 1.32. The van der Waals surface area contributed by atoms with Crippen LogP contribution in [0.5, 0.6) is 11.5 Å². The lowest BCUT2D eigenvalue weighted by molar-refractivity contribution is 0.108. The first-order valence-corrected chi connectivity index (χ1v) is 16.3. The van der Waals surface area contributed by atoms with Crippen LogP contribution < -0.4 is 14.8 Å². The maximum Gasteiger partial charge on any atom is 0.318 e. The van der Waals surface area contributed by atoms with Gasteiger partial charge in [-0.1, -0.05) is 43.3 Å². The lowest BCUT2D eigenvalue weighted by Crippen LogP contribution is -2.51. The fourth-order valence-corrected chi connectivity index (χ4v) is 5.60. The lowest BCUT2D eigenvalue weighted by atomic mass is 10.0. The second-order valence-electron chi connectivity index (χ2n) is 11.0. The van der Waals surface area contributed by atoms with E-state index in [1.165, 1.54) is 5.56 Å².